The van der Waals surface area contributed by atoms with Crippen LogP contribution in [0.5, 0.6) is 0 Å². The minimum atomic E-state index is 0. The standard InChI is InChI=1S/C11H9N4.Rh/c1-2-5-9-8(4-1)14-11(15-9)10-12-6-3-7-13-10;/h1-9H;/q-1;. The molecule has 2 unspecified atom stereocenters. The van der Waals surface area contributed by atoms with Gasteiger partial charge in [-0.3, -0.25) is 0 Å². The van der Waals surface area contributed by atoms with Crippen molar-refractivity contribution in [2.45, 2.75) is 12.1 Å². The summed E-state index contributed by atoms with van der Waals surface area (Å²) < 4.78 is 0. The number of amidine groups is 1. The van der Waals surface area contributed by atoms with Crippen molar-refractivity contribution in [2.24, 2.45) is 4.99 Å². The van der Waals surface area contributed by atoms with Crippen molar-refractivity contribution in [3.8, 4) is 0 Å². The molecule has 5 heteroatoms. The summed E-state index contributed by atoms with van der Waals surface area (Å²) in [5.41, 5.74) is 0. The first-order valence-electron chi connectivity index (χ1n) is 4.84. The monoisotopic (exact) mass is 300 g/mol. The molecule has 0 aromatic carbocycles. The summed E-state index contributed by atoms with van der Waals surface area (Å²) in [5.74, 6) is 1.26. The van der Waals surface area contributed by atoms with Crippen LogP contribution in [0, 0.1) is 0 Å². The van der Waals surface area contributed by atoms with Gasteiger partial charge in [-0.2, -0.15) is 0 Å². The number of rotatable bonds is 1. The molecule has 83 valence electrons. The third-order valence-electron chi connectivity index (χ3n) is 2.39. The first kappa shape index (κ1) is 11.1. The van der Waals surface area contributed by atoms with E-state index in [1.54, 1.807) is 18.5 Å². The van der Waals surface area contributed by atoms with E-state index in [1.165, 1.54) is 0 Å². The summed E-state index contributed by atoms with van der Waals surface area (Å²) in [6.45, 7) is 0. The number of nitrogens with zero attached hydrogens (tertiary/aromatic N) is 4. The smallest absolute Gasteiger partial charge is 0.150 e. The molecule has 0 bridgehead atoms. The first-order chi connectivity index (χ1) is 7.43. The minimum Gasteiger partial charge on any atom is -0.455 e. The predicted molar refractivity (Wildman–Crippen MR) is 57.8 cm³/mol. The molecule has 16 heavy (non-hydrogen) atoms. The zero-order valence-electron chi connectivity index (χ0n) is 8.32. The van der Waals surface area contributed by atoms with E-state index in [9.17, 15) is 0 Å². The number of aliphatic imine (C=N–C) groups is 1. The summed E-state index contributed by atoms with van der Waals surface area (Å²) in [6.07, 6.45) is 11.5. The second-order valence-electron chi connectivity index (χ2n) is 3.41. The van der Waals surface area contributed by atoms with Crippen molar-refractivity contribution in [1.29, 1.82) is 0 Å². The van der Waals surface area contributed by atoms with Crippen LogP contribution in [0.15, 0.2) is 47.8 Å². The van der Waals surface area contributed by atoms with Gasteiger partial charge < -0.3 is 10.3 Å². The maximum absolute atomic E-state index is 4.47. The fourth-order valence-electron chi connectivity index (χ4n) is 1.67. The molecule has 2 heterocycles. The first-order valence-corrected chi connectivity index (χ1v) is 4.84. The van der Waals surface area contributed by atoms with E-state index in [4.69, 9.17) is 0 Å². The van der Waals surface area contributed by atoms with E-state index < -0.39 is 0 Å². The molecule has 1 aromatic heterocycles. The summed E-state index contributed by atoms with van der Waals surface area (Å²) in [7, 11) is 0. The molecule has 0 N–H and O–H groups in total. The average Bonchev–Trinajstić information content (AvgIpc) is 2.74. The number of hydrogen-bond donors (Lipinski definition) is 0. The van der Waals surface area contributed by atoms with Gasteiger partial charge in [0.1, 0.15) is 5.82 Å². The quantitative estimate of drug-likeness (QED) is 0.738. The van der Waals surface area contributed by atoms with E-state index in [1.807, 2.05) is 24.3 Å². The Morgan fingerprint density at radius 1 is 1.06 bits per heavy atom. The van der Waals surface area contributed by atoms with Gasteiger partial charge in [0.15, 0.2) is 0 Å². The molecule has 0 fully saturated rings. The number of hydrogen-bond acceptors (Lipinski definition) is 3. The molecule has 4 nitrogen and oxygen atoms in total. The van der Waals surface area contributed by atoms with Gasteiger partial charge in [-0.1, -0.05) is 24.3 Å². The van der Waals surface area contributed by atoms with E-state index >= 15 is 0 Å². The molecule has 0 saturated heterocycles. The van der Waals surface area contributed by atoms with Gasteiger partial charge in [-0.25, -0.2) is 9.97 Å². The van der Waals surface area contributed by atoms with Gasteiger partial charge in [-0.15, -0.1) is 0 Å². The van der Waals surface area contributed by atoms with Crippen LogP contribution in [0.25, 0.3) is 5.32 Å². The topological polar surface area (TPSA) is 52.2 Å². The van der Waals surface area contributed by atoms with Crippen LogP contribution < -0.4 is 0 Å². The minimum absolute atomic E-state index is 0. The van der Waals surface area contributed by atoms with Crippen LogP contribution in [0.1, 0.15) is 5.82 Å². The second-order valence-corrected chi connectivity index (χ2v) is 3.41. The summed E-state index contributed by atoms with van der Waals surface area (Å²) >= 11 is 0. The molecule has 1 aliphatic heterocycles. The number of allylic oxidation sites excluding steroid dienone is 2. The van der Waals surface area contributed by atoms with Gasteiger partial charge >= 0.3 is 0 Å². The molecule has 2 aliphatic rings. The zero-order chi connectivity index (χ0) is 10.1. The number of aromatic nitrogens is 2. The van der Waals surface area contributed by atoms with Gasteiger partial charge in [0.2, 0.25) is 0 Å². The Hall–Kier alpha value is -1.35. The predicted octanol–water partition coefficient (Wildman–Crippen LogP) is 1.47. The summed E-state index contributed by atoms with van der Waals surface area (Å²) in [6, 6.07) is 2.05. The molecule has 1 aromatic rings. The molecule has 0 saturated carbocycles. The largest absolute Gasteiger partial charge is 0.455 e. The Bertz CT molecular complexity index is 452. The maximum Gasteiger partial charge on any atom is 0.150 e. The fourth-order valence-corrected chi connectivity index (χ4v) is 1.67. The Morgan fingerprint density at radius 2 is 1.81 bits per heavy atom. The van der Waals surface area contributed by atoms with E-state index in [2.05, 4.69) is 20.3 Å². The van der Waals surface area contributed by atoms with Crippen LogP contribution >= 0.6 is 0 Å². The van der Waals surface area contributed by atoms with E-state index in [-0.39, 0.29) is 31.6 Å². The van der Waals surface area contributed by atoms with Crippen LogP contribution in [0.4, 0.5) is 0 Å². The molecule has 1 aliphatic carbocycles. The van der Waals surface area contributed by atoms with Crippen molar-refractivity contribution in [3.05, 3.63) is 53.9 Å². The van der Waals surface area contributed by atoms with Gasteiger partial charge in [0.25, 0.3) is 0 Å². The van der Waals surface area contributed by atoms with Gasteiger partial charge in [-0.05, 0) is 24.0 Å². The SMILES string of the molecule is C1=CC2N=C(c3ncccn3)[N-]C2C=C1.[Rh]. The molecule has 0 amide bonds. The van der Waals surface area contributed by atoms with Crippen molar-refractivity contribution in [2.75, 3.05) is 0 Å². The average molecular weight is 300 g/mol. The zero-order valence-corrected chi connectivity index (χ0v) is 9.96. The Morgan fingerprint density at radius 3 is 2.56 bits per heavy atom. The van der Waals surface area contributed by atoms with Crippen LogP contribution in [0.3, 0.4) is 0 Å². The Labute approximate surface area is 106 Å². The molecular weight excluding hydrogens is 291 g/mol. The molecule has 0 spiro atoms. The van der Waals surface area contributed by atoms with Crippen LogP contribution in [0.2, 0.25) is 0 Å². The van der Waals surface area contributed by atoms with Crippen molar-refractivity contribution in [1.82, 2.24) is 9.97 Å². The van der Waals surface area contributed by atoms with Crippen molar-refractivity contribution >= 4 is 5.84 Å². The molecule has 2 atom stereocenters. The van der Waals surface area contributed by atoms with Gasteiger partial charge in [0.05, 0.1) is 0 Å². The Balaban J connectivity index is 0.000000963. The number of fused-ring (bicyclic) bond motifs is 1. The molecule has 1 radical (unpaired) electrons. The van der Waals surface area contributed by atoms with E-state index in [0.29, 0.717) is 11.7 Å². The molecule has 3 rings (SSSR count). The van der Waals surface area contributed by atoms with Crippen molar-refractivity contribution < 1.29 is 19.5 Å². The maximum atomic E-state index is 4.47. The van der Waals surface area contributed by atoms with Crippen molar-refractivity contribution in [3.63, 3.8) is 0 Å². The summed E-state index contributed by atoms with van der Waals surface area (Å²) in [4.78, 5) is 12.7. The fraction of sp³-hybridized carbons (Fsp3) is 0.182. The summed E-state index contributed by atoms with van der Waals surface area (Å²) in [5, 5.41) is 4.47. The van der Waals surface area contributed by atoms with Gasteiger partial charge in [0, 0.05) is 31.9 Å². The Kier molecular flexibility index (Phi) is 3.25. The van der Waals surface area contributed by atoms with Crippen LogP contribution in [-0.4, -0.2) is 27.9 Å². The second kappa shape index (κ2) is 4.66. The third-order valence-corrected chi connectivity index (χ3v) is 2.39. The van der Waals surface area contributed by atoms with E-state index in [0.717, 1.165) is 0 Å². The van der Waals surface area contributed by atoms with Crippen LogP contribution in [-0.2, 0) is 19.5 Å². The molecular formula is C11H9N4Rh-. The third kappa shape index (κ3) is 1.95. The normalized spacial score (nSPS) is 25.4.